The van der Waals surface area contributed by atoms with Crippen molar-refractivity contribution in [3.8, 4) is 0 Å². The Morgan fingerprint density at radius 3 is 2.50 bits per heavy atom. The van der Waals surface area contributed by atoms with Crippen molar-refractivity contribution in [1.82, 2.24) is 4.98 Å². The molecule has 4 nitrogen and oxygen atoms in total. The van der Waals surface area contributed by atoms with Crippen LogP contribution in [0.4, 0.5) is 11.4 Å². The standard InChI is InChI=1S/C19H16BrN3O/c20-16-5-1-4-15(11-16)19(24)23-18-8-6-17(7-9-18)22-13-14-3-2-10-21-12-14/h1-12,22H,13H2,(H,23,24). The monoisotopic (exact) mass is 381 g/mol. The number of nitrogens with one attached hydrogen (secondary N) is 2. The van der Waals surface area contributed by atoms with E-state index in [9.17, 15) is 4.79 Å². The van der Waals surface area contributed by atoms with E-state index in [1.54, 1.807) is 18.3 Å². The summed E-state index contributed by atoms with van der Waals surface area (Å²) in [6.07, 6.45) is 3.59. The van der Waals surface area contributed by atoms with Crippen LogP contribution < -0.4 is 10.6 Å². The average Bonchev–Trinajstić information content (AvgIpc) is 2.62. The first kappa shape index (κ1) is 16.2. The highest BCUT2D eigenvalue weighted by molar-refractivity contribution is 9.10. The van der Waals surface area contributed by atoms with Crippen LogP contribution in [0.15, 0.2) is 77.5 Å². The van der Waals surface area contributed by atoms with Gasteiger partial charge in [0.15, 0.2) is 0 Å². The van der Waals surface area contributed by atoms with Crippen LogP contribution in [0, 0.1) is 0 Å². The summed E-state index contributed by atoms with van der Waals surface area (Å²) in [5.41, 5.74) is 3.47. The molecule has 0 fully saturated rings. The van der Waals surface area contributed by atoms with E-state index in [0.717, 1.165) is 21.4 Å². The molecule has 0 bridgehead atoms. The number of hydrogen-bond donors (Lipinski definition) is 2. The van der Waals surface area contributed by atoms with Gasteiger partial charge in [-0.25, -0.2) is 0 Å². The zero-order chi connectivity index (χ0) is 16.8. The van der Waals surface area contributed by atoms with Gasteiger partial charge >= 0.3 is 0 Å². The van der Waals surface area contributed by atoms with Crippen molar-refractivity contribution in [3.05, 3.63) is 88.7 Å². The number of amides is 1. The molecule has 120 valence electrons. The molecule has 0 saturated heterocycles. The summed E-state index contributed by atoms with van der Waals surface area (Å²) in [5, 5.41) is 6.21. The molecule has 0 aliphatic carbocycles. The number of nitrogens with zero attached hydrogens (tertiary/aromatic N) is 1. The van der Waals surface area contributed by atoms with Crippen LogP contribution in [0.5, 0.6) is 0 Å². The topological polar surface area (TPSA) is 54.0 Å². The molecule has 0 aliphatic heterocycles. The summed E-state index contributed by atoms with van der Waals surface area (Å²) in [4.78, 5) is 16.3. The molecule has 0 unspecified atom stereocenters. The highest BCUT2D eigenvalue weighted by atomic mass is 79.9. The number of aromatic nitrogens is 1. The van der Waals surface area contributed by atoms with Crippen LogP contribution in [0.25, 0.3) is 0 Å². The fourth-order valence-electron chi connectivity index (χ4n) is 2.21. The lowest BCUT2D eigenvalue weighted by Gasteiger charge is -2.09. The maximum atomic E-state index is 12.2. The molecule has 2 N–H and O–H groups in total. The molecule has 1 heterocycles. The zero-order valence-corrected chi connectivity index (χ0v) is 14.5. The maximum absolute atomic E-state index is 12.2. The molecule has 0 spiro atoms. The second-order valence-corrected chi connectivity index (χ2v) is 6.17. The van der Waals surface area contributed by atoms with E-state index in [-0.39, 0.29) is 5.91 Å². The Morgan fingerprint density at radius 2 is 1.79 bits per heavy atom. The first-order valence-electron chi connectivity index (χ1n) is 7.50. The molecule has 1 amide bonds. The van der Waals surface area contributed by atoms with Gasteiger partial charge in [0, 0.05) is 40.3 Å². The number of pyridine rings is 1. The number of anilines is 2. The number of carbonyl (C=O) groups is 1. The summed E-state index contributed by atoms with van der Waals surface area (Å²) in [6.45, 7) is 0.706. The lowest BCUT2D eigenvalue weighted by Crippen LogP contribution is -2.11. The van der Waals surface area contributed by atoms with Crippen molar-refractivity contribution in [1.29, 1.82) is 0 Å². The number of benzene rings is 2. The summed E-state index contributed by atoms with van der Waals surface area (Å²) in [6, 6.07) is 18.9. The van der Waals surface area contributed by atoms with Gasteiger partial charge in [0.05, 0.1) is 0 Å². The Balaban J connectivity index is 1.59. The summed E-state index contributed by atoms with van der Waals surface area (Å²) >= 11 is 3.37. The summed E-state index contributed by atoms with van der Waals surface area (Å²) in [5.74, 6) is -0.132. The molecule has 0 saturated carbocycles. The molecule has 0 aliphatic rings. The average molecular weight is 382 g/mol. The van der Waals surface area contributed by atoms with E-state index in [0.29, 0.717) is 12.1 Å². The molecular formula is C19H16BrN3O. The highest BCUT2D eigenvalue weighted by Gasteiger charge is 2.06. The third-order valence-electron chi connectivity index (χ3n) is 3.45. The third kappa shape index (κ3) is 4.43. The molecule has 2 aromatic carbocycles. The molecular weight excluding hydrogens is 366 g/mol. The number of rotatable bonds is 5. The van der Waals surface area contributed by atoms with E-state index in [2.05, 4.69) is 31.5 Å². The van der Waals surface area contributed by atoms with Gasteiger partial charge in [0.2, 0.25) is 0 Å². The lowest BCUT2D eigenvalue weighted by molar-refractivity contribution is 0.102. The molecule has 1 aromatic heterocycles. The van der Waals surface area contributed by atoms with E-state index < -0.39 is 0 Å². The van der Waals surface area contributed by atoms with E-state index in [4.69, 9.17) is 0 Å². The maximum Gasteiger partial charge on any atom is 0.255 e. The fraction of sp³-hybridized carbons (Fsp3) is 0.0526. The molecule has 0 atom stereocenters. The summed E-state index contributed by atoms with van der Waals surface area (Å²) in [7, 11) is 0. The van der Waals surface area contributed by atoms with Crippen molar-refractivity contribution >= 4 is 33.2 Å². The SMILES string of the molecule is O=C(Nc1ccc(NCc2cccnc2)cc1)c1cccc(Br)c1. The Bertz CT molecular complexity index is 820. The second-order valence-electron chi connectivity index (χ2n) is 5.26. The van der Waals surface area contributed by atoms with Gasteiger partial charge in [-0.1, -0.05) is 28.1 Å². The largest absolute Gasteiger partial charge is 0.381 e. The molecule has 24 heavy (non-hydrogen) atoms. The first-order chi connectivity index (χ1) is 11.7. The molecule has 0 radical (unpaired) electrons. The number of carbonyl (C=O) groups excluding carboxylic acids is 1. The van der Waals surface area contributed by atoms with Gasteiger partial charge in [-0.2, -0.15) is 0 Å². The van der Waals surface area contributed by atoms with Crippen molar-refractivity contribution in [2.75, 3.05) is 10.6 Å². The van der Waals surface area contributed by atoms with Crippen molar-refractivity contribution in [2.24, 2.45) is 0 Å². The van der Waals surface area contributed by atoms with E-state index >= 15 is 0 Å². The minimum absolute atomic E-state index is 0.132. The molecule has 3 rings (SSSR count). The predicted octanol–water partition coefficient (Wildman–Crippen LogP) is 4.71. The molecule has 5 heteroatoms. The zero-order valence-electron chi connectivity index (χ0n) is 12.9. The third-order valence-corrected chi connectivity index (χ3v) is 3.94. The van der Waals surface area contributed by atoms with Gasteiger partial charge in [0.25, 0.3) is 5.91 Å². The van der Waals surface area contributed by atoms with Crippen LogP contribution in [-0.4, -0.2) is 10.9 Å². The second kappa shape index (κ2) is 7.75. The Morgan fingerprint density at radius 1 is 1.00 bits per heavy atom. The number of halogens is 1. The first-order valence-corrected chi connectivity index (χ1v) is 8.30. The van der Waals surface area contributed by atoms with E-state index in [1.165, 1.54) is 0 Å². The van der Waals surface area contributed by atoms with Gasteiger partial charge in [-0.15, -0.1) is 0 Å². The fourth-order valence-corrected chi connectivity index (χ4v) is 2.61. The van der Waals surface area contributed by atoms with Crippen LogP contribution in [0.1, 0.15) is 15.9 Å². The smallest absolute Gasteiger partial charge is 0.255 e. The quantitative estimate of drug-likeness (QED) is 0.672. The Hall–Kier alpha value is -2.66. The van der Waals surface area contributed by atoms with Gasteiger partial charge in [0.1, 0.15) is 0 Å². The van der Waals surface area contributed by atoms with Gasteiger partial charge in [-0.05, 0) is 54.1 Å². The van der Waals surface area contributed by atoms with Crippen LogP contribution in [0.2, 0.25) is 0 Å². The Labute approximate surface area is 149 Å². The van der Waals surface area contributed by atoms with Crippen LogP contribution >= 0.6 is 15.9 Å². The predicted molar refractivity (Wildman–Crippen MR) is 100 cm³/mol. The van der Waals surface area contributed by atoms with Gasteiger partial charge in [-0.3, -0.25) is 9.78 Å². The minimum atomic E-state index is -0.132. The van der Waals surface area contributed by atoms with Crippen LogP contribution in [-0.2, 0) is 6.54 Å². The van der Waals surface area contributed by atoms with Crippen molar-refractivity contribution in [3.63, 3.8) is 0 Å². The Kier molecular flexibility index (Phi) is 5.23. The van der Waals surface area contributed by atoms with Crippen LogP contribution in [0.3, 0.4) is 0 Å². The van der Waals surface area contributed by atoms with E-state index in [1.807, 2.05) is 54.7 Å². The van der Waals surface area contributed by atoms with Crippen molar-refractivity contribution < 1.29 is 4.79 Å². The van der Waals surface area contributed by atoms with Crippen molar-refractivity contribution in [2.45, 2.75) is 6.54 Å². The van der Waals surface area contributed by atoms with Gasteiger partial charge < -0.3 is 10.6 Å². The normalized spacial score (nSPS) is 10.2. The number of hydrogen-bond acceptors (Lipinski definition) is 3. The minimum Gasteiger partial charge on any atom is -0.381 e. The lowest BCUT2D eigenvalue weighted by atomic mass is 10.2. The highest BCUT2D eigenvalue weighted by Crippen LogP contribution is 2.17. The molecule has 3 aromatic rings. The summed E-state index contributed by atoms with van der Waals surface area (Å²) < 4.78 is 0.880.